The lowest BCUT2D eigenvalue weighted by molar-refractivity contribution is 0.248. The Morgan fingerprint density at radius 2 is 1.93 bits per heavy atom. The second kappa shape index (κ2) is 9.52. The molecule has 0 unspecified atom stereocenters. The minimum atomic E-state index is -0.129. The van der Waals surface area contributed by atoms with Crippen molar-refractivity contribution in [1.82, 2.24) is 15.0 Å². The van der Waals surface area contributed by atoms with Crippen LogP contribution in [0.3, 0.4) is 0 Å². The van der Waals surface area contributed by atoms with E-state index in [1.165, 1.54) is 0 Å². The number of nitrogens with one attached hydrogen (secondary N) is 2. The number of nitrogens with zero attached hydrogens (tertiary/aromatic N) is 3. The molecule has 3 aromatic rings. The summed E-state index contributed by atoms with van der Waals surface area (Å²) in [5.41, 5.74) is 2.65. The van der Waals surface area contributed by atoms with Crippen LogP contribution in [0.5, 0.6) is 0 Å². The number of hydrogen-bond donors (Lipinski definition) is 3. The minimum absolute atomic E-state index is 0.0101. The number of aliphatic hydroxyl groups is 1. The lowest BCUT2D eigenvalue weighted by atomic mass is 10.1. The molecule has 0 aliphatic heterocycles. The summed E-state index contributed by atoms with van der Waals surface area (Å²) in [6.45, 7) is 4.11. The van der Waals surface area contributed by atoms with E-state index in [0.29, 0.717) is 11.8 Å². The summed E-state index contributed by atoms with van der Waals surface area (Å²) < 4.78 is 0. The molecule has 0 spiro atoms. The van der Waals surface area contributed by atoms with E-state index in [0.717, 1.165) is 21.8 Å². The molecule has 0 saturated carbocycles. The van der Waals surface area contributed by atoms with Crippen LogP contribution in [0.15, 0.2) is 59.8 Å². The first-order valence-corrected chi connectivity index (χ1v) is 10.4. The Kier molecular flexibility index (Phi) is 6.84. The maximum absolute atomic E-state index is 9.67. The van der Waals surface area contributed by atoms with Crippen LogP contribution in [-0.2, 0) is 0 Å². The van der Waals surface area contributed by atoms with Crippen LogP contribution in [0.1, 0.15) is 13.8 Å². The summed E-state index contributed by atoms with van der Waals surface area (Å²) in [4.78, 5) is 14.6. The van der Waals surface area contributed by atoms with Gasteiger partial charge in [0, 0.05) is 28.9 Å². The average Bonchev–Trinajstić information content (AvgIpc) is 2.72. The van der Waals surface area contributed by atoms with Gasteiger partial charge in [-0.15, -0.1) is 11.8 Å². The van der Waals surface area contributed by atoms with E-state index in [-0.39, 0.29) is 18.6 Å². The molecule has 0 radical (unpaired) electrons. The van der Waals surface area contributed by atoms with Gasteiger partial charge in [-0.2, -0.15) is 4.98 Å². The number of hydrogen-bond acceptors (Lipinski definition) is 7. The molecule has 0 aliphatic rings. The van der Waals surface area contributed by atoms with E-state index in [1.807, 2.05) is 56.5 Å². The lowest BCUT2D eigenvalue weighted by Crippen LogP contribution is -2.30. The third kappa shape index (κ3) is 4.99. The Morgan fingerprint density at radius 3 is 2.61 bits per heavy atom. The van der Waals surface area contributed by atoms with Gasteiger partial charge >= 0.3 is 0 Å². The molecule has 2 heterocycles. The molecule has 0 amide bonds. The number of thioether (sulfide) groups is 1. The molecular formula is C21H25N5OS. The van der Waals surface area contributed by atoms with E-state index >= 15 is 0 Å². The van der Waals surface area contributed by atoms with Gasteiger partial charge in [0.2, 0.25) is 5.95 Å². The summed E-state index contributed by atoms with van der Waals surface area (Å²) >= 11 is 1.67. The highest BCUT2D eigenvalue weighted by molar-refractivity contribution is 7.98. The van der Waals surface area contributed by atoms with Crippen molar-refractivity contribution in [2.45, 2.75) is 24.8 Å². The summed E-state index contributed by atoms with van der Waals surface area (Å²) in [7, 11) is 0. The van der Waals surface area contributed by atoms with Crippen molar-refractivity contribution in [3.8, 4) is 11.3 Å². The zero-order valence-electron chi connectivity index (χ0n) is 16.3. The molecule has 6 nitrogen and oxygen atoms in total. The van der Waals surface area contributed by atoms with Gasteiger partial charge in [-0.25, -0.2) is 4.98 Å². The topological polar surface area (TPSA) is 83.0 Å². The standard InChI is InChI=1S/C21H25N5OS/c1-14(2)18(13-27)25-21-24-17(15-7-6-10-22-12-15)11-20(26-21)23-16-8-4-5-9-19(16)28-3/h4-12,14,18,27H,13H2,1-3H3,(H2,23,24,25,26)/t18-/m0/s1. The summed E-state index contributed by atoms with van der Waals surface area (Å²) in [5, 5.41) is 16.3. The van der Waals surface area contributed by atoms with Crippen LogP contribution < -0.4 is 10.6 Å². The van der Waals surface area contributed by atoms with Crippen molar-refractivity contribution in [2.75, 3.05) is 23.5 Å². The van der Waals surface area contributed by atoms with Crippen molar-refractivity contribution >= 4 is 29.2 Å². The summed E-state index contributed by atoms with van der Waals surface area (Å²) in [5.74, 6) is 1.39. The molecule has 146 valence electrons. The predicted molar refractivity (Wildman–Crippen MR) is 116 cm³/mol. The molecule has 1 atom stereocenters. The van der Waals surface area contributed by atoms with Crippen molar-refractivity contribution in [3.05, 3.63) is 54.9 Å². The number of rotatable bonds is 8. The number of benzene rings is 1. The summed E-state index contributed by atoms with van der Waals surface area (Å²) in [6, 6.07) is 13.7. The first kappa shape index (κ1) is 20.1. The molecule has 0 saturated heterocycles. The minimum Gasteiger partial charge on any atom is -0.394 e. The molecule has 0 aliphatic carbocycles. The largest absolute Gasteiger partial charge is 0.394 e. The van der Waals surface area contributed by atoms with Gasteiger partial charge < -0.3 is 15.7 Å². The monoisotopic (exact) mass is 395 g/mol. The van der Waals surface area contributed by atoms with Gasteiger partial charge in [-0.3, -0.25) is 4.98 Å². The highest BCUT2D eigenvalue weighted by atomic mass is 32.2. The van der Waals surface area contributed by atoms with Gasteiger partial charge in [0.15, 0.2) is 0 Å². The molecule has 7 heteroatoms. The fraction of sp³-hybridized carbons (Fsp3) is 0.286. The van der Waals surface area contributed by atoms with Crippen LogP contribution in [0.25, 0.3) is 11.3 Å². The number of pyridine rings is 1. The van der Waals surface area contributed by atoms with Crippen LogP contribution in [-0.4, -0.2) is 39.0 Å². The number of aromatic nitrogens is 3. The molecule has 3 N–H and O–H groups in total. The highest BCUT2D eigenvalue weighted by Gasteiger charge is 2.15. The maximum Gasteiger partial charge on any atom is 0.225 e. The fourth-order valence-corrected chi connectivity index (χ4v) is 3.27. The zero-order chi connectivity index (χ0) is 19.9. The van der Waals surface area contributed by atoms with Crippen molar-refractivity contribution in [2.24, 2.45) is 5.92 Å². The highest BCUT2D eigenvalue weighted by Crippen LogP contribution is 2.29. The second-order valence-corrected chi connectivity index (χ2v) is 7.55. The Morgan fingerprint density at radius 1 is 1.11 bits per heavy atom. The molecule has 3 rings (SSSR count). The first-order valence-electron chi connectivity index (χ1n) is 9.17. The Bertz CT molecular complexity index is 904. The van der Waals surface area contributed by atoms with Crippen LogP contribution in [0.2, 0.25) is 0 Å². The van der Waals surface area contributed by atoms with Crippen molar-refractivity contribution in [1.29, 1.82) is 0 Å². The second-order valence-electron chi connectivity index (χ2n) is 6.71. The van der Waals surface area contributed by atoms with Crippen LogP contribution in [0.4, 0.5) is 17.5 Å². The lowest BCUT2D eigenvalue weighted by Gasteiger charge is -2.21. The molecule has 0 bridgehead atoms. The Labute approximate surface area is 169 Å². The Balaban J connectivity index is 1.99. The quantitative estimate of drug-likeness (QED) is 0.487. The first-order chi connectivity index (χ1) is 13.6. The number of para-hydroxylation sites is 1. The van der Waals surface area contributed by atoms with Crippen LogP contribution in [0, 0.1) is 5.92 Å². The number of aliphatic hydroxyl groups excluding tert-OH is 1. The Hall–Kier alpha value is -2.64. The van der Waals surface area contributed by atoms with E-state index in [1.54, 1.807) is 24.2 Å². The fourth-order valence-electron chi connectivity index (χ4n) is 2.71. The smallest absolute Gasteiger partial charge is 0.225 e. The molecule has 1 aromatic carbocycles. The van der Waals surface area contributed by atoms with Gasteiger partial charge in [0.05, 0.1) is 24.0 Å². The normalized spacial score (nSPS) is 12.0. The van der Waals surface area contributed by atoms with Gasteiger partial charge in [-0.05, 0) is 36.4 Å². The van der Waals surface area contributed by atoms with Gasteiger partial charge in [0.25, 0.3) is 0 Å². The van der Waals surface area contributed by atoms with E-state index in [2.05, 4.69) is 31.7 Å². The third-order valence-corrected chi connectivity index (χ3v) is 5.16. The van der Waals surface area contributed by atoms with Crippen molar-refractivity contribution < 1.29 is 5.11 Å². The van der Waals surface area contributed by atoms with E-state index < -0.39 is 0 Å². The zero-order valence-corrected chi connectivity index (χ0v) is 17.1. The SMILES string of the molecule is CSc1ccccc1Nc1cc(-c2cccnc2)nc(N[C@@H](CO)C(C)C)n1. The third-order valence-electron chi connectivity index (χ3n) is 4.37. The average molecular weight is 396 g/mol. The molecule has 0 fully saturated rings. The summed E-state index contributed by atoms with van der Waals surface area (Å²) in [6.07, 6.45) is 5.55. The van der Waals surface area contributed by atoms with Gasteiger partial charge in [0.1, 0.15) is 5.82 Å². The number of anilines is 3. The van der Waals surface area contributed by atoms with Crippen LogP contribution >= 0.6 is 11.8 Å². The maximum atomic E-state index is 9.67. The van der Waals surface area contributed by atoms with E-state index in [4.69, 9.17) is 0 Å². The molecule has 28 heavy (non-hydrogen) atoms. The molecule has 2 aromatic heterocycles. The van der Waals surface area contributed by atoms with Gasteiger partial charge in [-0.1, -0.05) is 26.0 Å². The van der Waals surface area contributed by atoms with E-state index in [9.17, 15) is 5.11 Å². The van der Waals surface area contributed by atoms with Crippen molar-refractivity contribution in [3.63, 3.8) is 0 Å². The predicted octanol–water partition coefficient (Wildman–Crippen LogP) is 4.43. The molecular weight excluding hydrogens is 370 g/mol.